The first-order valence-corrected chi connectivity index (χ1v) is 8.53. The van der Waals surface area contributed by atoms with Gasteiger partial charge in [0.25, 0.3) is 0 Å². The summed E-state index contributed by atoms with van der Waals surface area (Å²) in [6, 6.07) is 7.84. The fraction of sp³-hybridized carbons (Fsp3) is 0.353. The first-order chi connectivity index (χ1) is 11.0. The molecule has 0 saturated heterocycles. The highest BCUT2D eigenvalue weighted by Gasteiger charge is 2.41. The Morgan fingerprint density at radius 3 is 3.04 bits per heavy atom. The van der Waals surface area contributed by atoms with Gasteiger partial charge in [-0.1, -0.05) is 27.5 Å². The molecule has 0 bridgehead atoms. The van der Waals surface area contributed by atoms with Gasteiger partial charge in [-0.15, -0.1) is 0 Å². The van der Waals surface area contributed by atoms with Crippen LogP contribution in [-0.2, 0) is 10.3 Å². The summed E-state index contributed by atoms with van der Waals surface area (Å²) in [5.41, 5.74) is 7.63. The summed E-state index contributed by atoms with van der Waals surface area (Å²) in [7, 11) is 0. The molecule has 1 aromatic carbocycles. The van der Waals surface area contributed by atoms with E-state index in [1.165, 1.54) is 0 Å². The zero-order valence-corrected chi connectivity index (χ0v) is 14.8. The van der Waals surface area contributed by atoms with E-state index in [4.69, 9.17) is 32.1 Å². The third-order valence-electron chi connectivity index (χ3n) is 4.02. The predicted molar refractivity (Wildman–Crippen MR) is 91.9 cm³/mol. The van der Waals surface area contributed by atoms with Gasteiger partial charge in [-0.05, 0) is 30.7 Å². The zero-order valence-electron chi connectivity index (χ0n) is 12.4. The van der Waals surface area contributed by atoms with Gasteiger partial charge in [-0.25, -0.2) is 0 Å². The second-order valence-corrected chi connectivity index (χ2v) is 7.00. The summed E-state index contributed by atoms with van der Waals surface area (Å²) in [6.45, 7) is 0.612. The molecule has 0 amide bonds. The molecule has 2 aliphatic rings. The zero-order chi connectivity index (χ0) is 16.4. The molecular weight excluding hydrogens is 380 g/mol. The molecule has 1 heterocycles. The fourth-order valence-corrected chi connectivity index (χ4v) is 3.45. The van der Waals surface area contributed by atoms with Crippen LogP contribution in [0.15, 0.2) is 45.1 Å². The first kappa shape index (κ1) is 16.5. The van der Waals surface area contributed by atoms with Gasteiger partial charge in [-0.2, -0.15) is 5.26 Å². The highest BCUT2D eigenvalue weighted by Crippen LogP contribution is 2.46. The van der Waals surface area contributed by atoms with Crippen molar-refractivity contribution in [2.24, 2.45) is 5.73 Å². The number of allylic oxidation sites excluding steroid dienone is 2. The lowest BCUT2D eigenvalue weighted by atomic mass is 9.79. The number of nitrogens with zero attached hydrogens (tertiary/aromatic N) is 1. The van der Waals surface area contributed by atoms with Crippen LogP contribution in [0.5, 0.6) is 5.75 Å². The fourth-order valence-electron chi connectivity index (χ4n) is 2.88. The molecule has 1 aliphatic heterocycles. The van der Waals surface area contributed by atoms with Gasteiger partial charge in [0, 0.05) is 27.1 Å². The summed E-state index contributed by atoms with van der Waals surface area (Å²) in [6.07, 6.45) is 3.69. The van der Waals surface area contributed by atoms with Crippen LogP contribution in [0.3, 0.4) is 0 Å². The molecule has 0 spiro atoms. The van der Waals surface area contributed by atoms with E-state index in [9.17, 15) is 0 Å². The van der Waals surface area contributed by atoms with Crippen molar-refractivity contribution in [3.8, 4) is 11.8 Å². The molecular formula is C17H16BrClN2O2. The maximum absolute atomic E-state index is 8.66. The molecule has 0 fully saturated rings. The Morgan fingerprint density at radius 1 is 1.43 bits per heavy atom. The van der Waals surface area contributed by atoms with Gasteiger partial charge in [0.2, 0.25) is 0 Å². The van der Waals surface area contributed by atoms with Crippen molar-refractivity contribution in [3.63, 3.8) is 0 Å². The number of rotatable bonds is 4. The lowest BCUT2D eigenvalue weighted by Crippen LogP contribution is -2.46. The van der Waals surface area contributed by atoms with E-state index in [0.717, 1.165) is 45.0 Å². The Bertz CT molecular complexity index is 739. The minimum atomic E-state index is -0.845. The Morgan fingerprint density at radius 2 is 2.26 bits per heavy atom. The summed E-state index contributed by atoms with van der Waals surface area (Å²) < 4.78 is 12.6. The topological polar surface area (TPSA) is 68.3 Å². The van der Waals surface area contributed by atoms with Crippen molar-refractivity contribution in [2.45, 2.75) is 24.8 Å². The maximum atomic E-state index is 8.66. The van der Waals surface area contributed by atoms with E-state index < -0.39 is 5.54 Å². The van der Waals surface area contributed by atoms with Crippen molar-refractivity contribution < 1.29 is 9.47 Å². The second kappa shape index (κ2) is 6.66. The number of ether oxygens (including phenoxy) is 2. The standard InChI is InChI=1S/C17H16BrClN2O2/c18-11-2-4-15-13(8-11)17(21,10-22-7-1-6-20)14-9-12(19)3-5-16(14)23-15/h2,4,8-9H,1,3,5,7,10,21H2. The third kappa shape index (κ3) is 3.17. The summed E-state index contributed by atoms with van der Waals surface area (Å²) in [5.74, 6) is 1.58. The molecule has 2 N–H and O–H groups in total. The second-order valence-electron chi connectivity index (χ2n) is 5.60. The maximum Gasteiger partial charge on any atom is 0.132 e. The summed E-state index contributed by atoms with van der Waals surface area (Å²) in [5, 5.41) is 9.42. The molecule has 1 aromatic rings. The lowest BCUT2D eigenvalue weighted by molar-refractivity contribution is 0.0961. The number of nitrogens with two attached hydrogens (primary N) is 1. The predicted octanol–water partition coefficient (Wildman–Crippen LogP) is 4.10. The Balaban J connectivity index is 2.02. The van der Waals surface area contributed by atoms with Crippen LogP contribution < -0.4 is 10.5 Å². The Hall–Kier alpha value is -1.32. The lowest BCUT2D eigenvalue weighted by Gasteiger charge is -2.39. The van der Waals surface area contributed by atoms with E-state index in [1.807, 2.05) is 24.3 Å². The molecule has 0 saturated carbocycles. The molecule has 120 valence electrons. The normalized spacial score (nSPS) is 22.6. The van der Waals surface area contributed by atoms with Crippen LogP contribution >= 0.6 is 27.5 Å². The number of nitriles is 1. The molecule has 1 unspecified atom stereocenters. The van der Waals surface area contributed by atoms with Crippen LogP contribution in [0.2, 0.25) is 0 Å². The van der Waals surface area contributed by atoms with Gasteiger partial charge in [-0.3, -0.25) is 0 Å². The summed E-state index contributed by atoms with van der Waals surface area (Å²) in [4.78, 5) is 0. The van der Waals surface area contributed by atoms with Gasteiger partial charge in [0.05, 0.1) is 31.2 Å². The van der Waals surface area contributed by atoms with E-state index in [-0.39, 0.29) is 6.61 Å². The molecule has 23 heavy (non-hydrogen) atoms. The summed E-state index contributed by atoms with van der Waals surface area (Å²) >= 11 is 9.71. The highest BCUT2D eigenvalue weighted by molar-refractivity contribution is 9.10. The molecule has 3 rings (SSSR count). The van der Waals surface area contributed by atoms with Crippen molar-refractivity contribution in [1.29, 1.82) is 5.26 Å². The van der Waals surface area contributed by atoms with Crippen LogP contribution in [-0.4, -0.2) is 13.2 Å². The third-order valence-corrected chi connectivity index (χ3v) is 4.81. The average molecular weight is 396 g/mol. The number of benzene rings is 1. The monoisotopic (exact) mass is 394 g/mol. The number of halogens is 2. The highest BCUT2D eigenvalue weighted by atomic mass is 79.9. The van der Waals surface area contributed by atoms with Crippen LogP contribution in [0.1, 0.15) is 24.8 Å². The van der Waals surface area contributed by atoms with Crippen molar-refractivity contribution in [3.05, 3.63) is 50.7 Å². The molecule has 1 aliphatic carbocycles. The number of fused-ring (bicyclic) bond motifs is 1. The number of hydrogen-bond acceptors (Lipinski definition) is 4. The first-order valence-electron chi connectivity index (χ1n) is 7.36. The van der Waals surface area contributed by atoms with Crippen molar-refractivity contribution in [2.75, 3.05) is 13.2 Å². The van der Waals surface area contributed by atoms with Gasteiger partial charge in [0.1, 0.15) is 11.5 Å². The smallest absolute Gasteiger partial charge is 0.132 e. The van der Waals surface area contributed by atoms with E-state index in [1.54, 1.807) is 0 Å². The van der Waals surface area contributed by atoms with Crippen LogP contribution in [0, 0.1) is 11.3 Å². The Kier molecular flexibility index (Phi) is 4.79. The SMILES string of the molecule is N#CCCOCC1(N)C2=C(CCC(Cl)=C2)Oc2ccc(Br)cc21. The molecule has 6 heteroatoms. The van der Waals surface area contributed by atoms with Gasteiger partial charge in [0.15, 0.2) is 0 Å². The molecule has 0 aromatic heterocycles. The Labute approximate surface area is 148 Å². The van der Waals surface area contributed by atoms with Crippen LogP contribution in [0.25, 0.3) is 0 Å². The average Bonchev–Trinajstić information content (AvgIpc) is 2.54. The molecule has 4 nitrogen and oxygen atoms in total. The van der Waals surface area contributed by atoms with Crippen molar-refractivity contribution in [1.82, 2.24) is 0 Å². The quantitative estimate of drug-likeness (QED) is 0.779. The minimum absolute atomic E-state index is 0.265. The van der Waals surface area contributed by atoms with E-state index in [0.29, 0.717) is 13.0 Å². The van der Waals surface area contributed by atoms with E-state index >= 15 is 0 Å². The van der Waals surface area contributed by atoms with E-state index in [2.05, 4.69) is 22.0 Å². The van der Waals surface area contributed by atoms with Crippen molar-refractivity contribution >= 4 is 27.5 Å². The largest absolute Gasteiger partial charge is 0.461 e. The number of hydrogen-bond donors (Lipinski definition) is 1. The van der Waals surface area contributed by atoms with Crippen LogP contribution in [0.4, 0.5) is 0 Å². The molecule has 1 atom stereocenters. The van der Waals surface area contributed by atoms with Gasteiger partial charge >= 0.3 is 0 Å². The minimum Gasteiger partial charge on any atom is -0.461 e. The van der Waals surface area contributed by atoms with Gasteiger partial charge < -0.3 is 15.2 Å². The molecule has 0 radical (unpaired) electrons.